The van der Waals surface area contributed by atoms with Crippen LogP contribution in [0.2, 0.25) is 0 Å². The molecule has 1 aromatic heterocycles. The first-order valence-electron chi connectivity index (χ1n) is 6.65. The Morgan fingerprint density at radius 2 is 2.11 bits per heavy atom. The molecule has 0 saturated heterocycles. The van der Waals surface area contributed by atoms with E-state index in [1.54, 1.807) is 0 Å². The molecule has 1 aliphatic heterocycles. The van der Waals surface area contributed by atoms with Crippen molar-refractivity contribution < 1.29 is 9.26 Å². The van der Waals surface area contributed by atoms with Crippen LogP contribution in [0.25, 0.3) is 0 Å². The van der Waals surface area contributed by atoms with Crippen molar-refractivity contribution in [3.63, 3.8) is 0 Å². The standard InChI is InChI=1S/C14H15N3O2/c15-12(8-5-6-8)14-16-13(17-19-14)11-7-9-3-1-2-4-10(9)18-11/h1-4,8,11-12H,5-7,15H2. The zero-order chi connectivity index (χ0) is 12.8. The van der Waals surface area contributed by atoms with Gasteiger partial charge in [0.1, 0.15) is 5.75 Å². The van der Waals surface area contributed by atoms with Crippen LogP contribution in [0.15, 0.2) is 28.8 Å². The summed E-state index contributed by atoms with van der Waals surface area (Å²) in [6.07, 6.45) is 2.95. The smallest absolute Gasteiger partial charge is 0.243 e. The van der Waals surface area contributed by atoms with Crippen LogP contribution in [0.4, 0.5) is 0 Å². The molecule has 0 bridgehead atoms. The second-order valence-corrected chi connectivity index (χ2v) is 5.27. The normalized spacial score (nSPS) is 22.9. The number of para-hydroxylation sites is 1. The molecule has 19 heavy (non-hydrogen) atoms. The highest BCUT2D eigenvalue weighted by molar-refractivity contribution is 5.37. The van der Waals surface area contributed by atoms with Crippen LogP contribution in [0.1, 0.15) is 42.3 Å². The molecule has 98 valence electrons. The fourth-order valence-electron chi connectivity index (χ4n) is 2.50. The van der Waals surface area contributed by atoms with Gasteiger partial charge in [-0.15, -0.1) is 0 Å². The summed E-state index contributed by atoms with van der Waals surface area (Å²) < 4.78 is 11.1. The zero-order valence-electron chi connectivity index (χ0n) is 10.5. The molecule has 0 spiro atoms. The van der Waals surface area contributed by atoms with E-state index in [1.807, 2.05) is 18.2 Å². The van der Waals surface area contributed by atoms with Crippen molar-refractivity contribution in [1.82, 2.24) is 10.1 Å². The Bertz CT molecular complexity index is 581. The Morgan fingerprint density at radius 1 is 1.26 bits per heavy atom. The molecule has 1 fully saturated rings. The van der Waals surface area contributed by atoms with Gasteiger partial charge in [0, 0.05) is 6.42 Å². The van der Waals surface area contributed by atoms with Crippen LogP contribution in [-0.4, -0.2) is 10.1 Å². The van der Waals surface area contributed by atoms with Crippen molar-refractivity contribution in [3.05, 3.63) is 41.5 Å². The summed E-state index contributed by atoms with van der Waals surface area (Å²) in [5.41, 5.74) is 7.24. The Labute approximate surface area is 110 Å². The lowest BCUT2D eigenvalue weighted by Crippen LogP contribution is -2.13. The number of hydrogen-bond acceptors (Lipinski definition) is 5. The van der Waals surface area contributed by atoms with E-state index >= 15 is 0 Å². The van der Waals surface area contributed by atoms with Crippen LogP contribution in [0, 0.1) is 5.92 Å². The summed E-state index contributed by atoms with van der Waals surface area (Å²) >= 11 is 0. The fourth-order valence-corrected chi connectivity index (χ4v) is 2.50. The van der Waals surface area contributed by atoms with Gasteiger partial charge in [-0.2, -0.15) is 4.98 Å². The topological polar surface area (TPSA) is 74.2 Å². The highest BCUT2D eigenvalue weighted by atomic mass is 16.5. The van der Waals surface area contributed by atoms with Gasteiger partial charge >= 0.3 is 0 Å². The highest BCUT2D eigenvalue weighted by Gasteiger charge is 2.35. The average molecular weight is 257 g/mol. The number of ether oxygens (including phenoxy) is 1. The molecule has 5 heteroatoms. The number of nitrogens with zero attached hydrogens (tertiary/aromatic N) is 2. The molecule has 4 rings (SSSR count). The quantitative estimate of drug-likeness (QED) is 0.912. The molecule has 5 nitrogen and oxygen atoms in total. The molecule has 1 aliphatic carbocycles. The number of hydrogen-bond donors (Lipinski definition) is 1. The minimum atomic E-state index is -0.152. The van der Waals surface area contributed by atoms with Crippen molar-refractivity contribution in [2.75, 3.05) is 0 Å². The van der Waals surface area contributed by atoms with E-state index in [1.165, 1.54) is 5.56 Å². The lowest BCUT2D eigenvalue weighted by atomic mass is 10.1. The van der Waals surface area contributed by atoms with E-state index in [0.29, 0.717) is 17.6 Å². The first kappa shape index (κ1) is 11.0. The predicted octanol–water partition coefficient (Wildman–Crippen LogP) is 2.16. The Balaban J connectivity index is 1.55. The van der Waals surface area contributed by atoms with Gasteiger partial charge in [-0.1, -0.05) is 23.4 Å². The maximum absolute atomic E-state index is 6.06. The molecule has 1 aromatic carbocycles. The molecule has 2 aromatic rings. The Morgan fingerprint density at radius 3 is 2.89 bits per heavy atom. The molecule has 0 radical (unpaired) electrons. The van der Waals surface area contributed by atoms with Gasteiger partial charge in [0.05, 0.1) is 6.04 Å². The van der Waals surface area contributed by atoms with Crippen molar-refractivity contribution in [2.45, 2.75) is 31.4 Å². The van der Waals surface area contributed by atoms with Gasteiger partial charge in [0.25, 0.3) is 0 Å². The van der Waals surface area contributed by atoms with E-state index in [-0.39, 0.29) is 12.1 Å². The second kappa shape index (κ2) is 4.06. The summed E-state index contributed by atoms with van der Waals surface area (Å²) in [7, 11) is 0. The first-order valence-corrected chi connectivity index (χ1v) is 6.65. The molecular weight excluding hydrogens is 242 g/mol. The number of aromatic nitrogens is 2. The SMILES string of the molecule is NC(c1nc(C2Cc3ccccc3O2)no1)C1CC1. The van der Waals surface area contributed by atoms with Crippen molar-refractivity contribution >= 4 is 0 Å². The zero-order valence-corrected chi connectivity index (χ0v) is 10.5. The number of rotatable bonds is 3. The van der Waals surface area contributed by atoms with Gasteiger partial charge in [-0.05, 0) is 30.4 Å². The van der Waals surface area contributed by atoms with Crippen LogP contribution < -0.4 is 10.5 Å². The summed E-state index contributed by atoms with van der Waals surface area (Å²) in [5.74, 6) is 2.56. The van der Waals surface area contributed by atoms with E-state index in [0.717, 1.165) is 25.0 Å². The van der Waals surface area contributed by atoms with Crippen LogP contribution in [0.5, 0.6) is 5.75 Å². The lowest BCUT2D eigenvalue weighted by molar-refractivity contribution is 0.220. The summed E-state index contributed by atoms with van der Waals surface area (Å²) in [4.78, 5) is 4.41. The highest BCUT2D eigenvalue weighted by Crippen LogP contribution is 2.40. The van der Waals surface area contributed by atoms with Crippen molar-refractivity contribution in [2.24, 2.45) is 11.7 Å². The van der Waals surface area contributed by atoms with E-state index < -0.39 is 0 Å². The van der Waals surface area contributed by atoms with Crippen LogP contribution >= 0.6 is 0 Å². The van der Waals surface area contributed by atoms with E-state index in [4.69, 9.17) is 15.0 Å². The minimum Gasteiger partial charge on any atom is -0.482 e. The Hall–Kier alpha value is -1.88. The summed E-state index contributed by atoms with van der Waals surface area (Å²) in [6.45, 7) is 0. The van der Waals surface area contributed by atoms with Gasteiger partial charge in [0.2, 0.25) is 11.7 Å². The third-order valence-electron chi connectivity index (χ3n) is 3.81. The van der Waals surface area contributed by atoms with Crippen LogP contribution in [-0.2, 0) is 6.42 Å². The number of fused-ring (bicyclic) bond motifs is 1. The van der Waals surface area contributed by atoms with Gasteiger partial charge in [0.15, 0.2) is 6.10 Å². The maximum Gasteiger partial charge on any atom is 0.243 e. The average Bonchev–Trinajstić information content (AvgIpc) is 3.01. The lowest BCUT2D eigenvalue weighted by Gasteiger charge is -2.05. The minimum absolute atomic E-state index is 0.120. The maximum atomic E-state index is 6.06. The molecule has 1 saturated carbocycles. The number of nitrogens with two attached hydrogens (primary N) is 1. The molecule has 2 aliphatic rings. The third-order valence-corrected chi connectivity index (χ3v) is 3.81. The molecule has 2 unspecified atom stereocenters. The number of benzene rings is 1. The first-order chi connectivity index (χ1) is 9.31. The molecular formula is C14H15N3O2. The predicted molar refractivity (Wildman–Crippen MR) is 67.5 cm³/mol. The second-order valence-electron chi connectivity index (χ2n) is 5.27. The largest absolute Gasteiger partial charge is 0.482 e. The monoisotopic (exact) mass is 257 g/mol. The van der Waals surface area contributed by atoms with Crippen LogP contribution in [0.3, 0.4) is 0 Å². The van der Waals surface area contributed by atoms with E-state index in [2.05, 4.69) is 16.2 Å². The molecule has 2 heterocycles. The van der Waals surface area contributed by atoms with E-state index in [9.17, 15) is 0 Å². The van der Waals surface area contributed by atoms with Gasteiger partial charge < -0.3 is 15.0 Å². The third kappa shape index (κ3) is 1.90. The van der Waals surface area contributed by atoms with Crippen molar-refractivity contribution in [1.29, 1.82) is 0 Å². The molecule has 2 N–H and O–H groups in total. The van der Waals surface area contributed by atoms with Gasteiger partial charge in [-0.3, -0.25) is 0 Å². The van der Waals surface area contributed by atoms with Gasteiger partial charge in [-0.25, -0.2) is 0 Å². The molecule has 0 amide bonds. The Kier molecular flexibility index (Phi) is 2.35. The summed E-state index contributed by atoms with van der Waals surface area (Å²) in [5, 5.41) is 4.02. The molecule has 2 atom stereocenters. The van der Waals surface area contributed by atoms with Crippen molar-refractivity contribution in [3.8, 4) is 5.75 Å². The fraction of sp³-hybridized carbons (Fsp3) is 0.429. The summed E-state index contributed by atoms with van der Waals surface area (Å²) in [6, 6.07) is 7.88.